The number of carbonyl (C=O) groups is 1. The fourth-order valence-electron chi connectivity index (χ4n) is 2.32. The smallest absolute Gasteiger partial charge is 0.282 e. The van der Waals surface area contributed by atoms with Gasteiger partial charge in [0, 0.05) is 16.3 Å². The van der Waals surface area contributed by atoms with E-state index in [-0.39, 0.29) is 18.0 Å². The zero-order chi connectivity index (χ0) is 16.8. The minimum atomic E-state index is -0.258. The molecule has 0 unspecified atom stereocenters. The Bertz CT molecular complexity index is 722. The van der Waals surface area contributed by atoms with Gasteiger partial charge in [0.25, 0.3) is 5.91 Å². The number of rotatable bonds is 5. The van der Waals surface area contributed by atoms with Gasteiger partial charge in [-0.15, -0.1) is 0 Å². The summed E-state index contributed by atoms with van der Waals surface area (Å²) < 4.78 is 0. The first kappa shape index (κ1) is 17.0. The van der Waals surface area contributed by atoms with E-state index in [1.807, 2.05) is 43.4 Å². The Hall–Kier alpha value is -2.35. The number of hydrogen-bond acceptors (Lipinski definition) is 2. The number of nitrogens with zero attached hydrogens (tertiary/aromatic N) is 1. The third-order valence-electron chi connectivity index (χ3n) is 3.65. The van der Waals surface area contributed by atoms with Gasteiger partial charge in [0.1, 0.15) is 6.04 Å². The molecule has 23 heavy (non-hydrogen) atoms. The van der Waals surface area contributed by atoms with Gasteiger partial charge in [0.2, 0.25) is 0 Å². The van der Waals surface area contributed by atoms with Crippen molar-refractivity contribution in [3.05, 3.63) is 64.7 Å². The number of nitriles is 1. The third kappa shape index (κ3) is 4.82. The van der Waals surface area contributed by atoms with E-state index in [0.29, 0.717) is 16.3 Å². The van der Waals surface area contributed by atoms with E-state index < -0.39 is 0 Å². The average Bonchev–Trinajstić information content (AvgIpc) is 2.55. The van der Waals surface area contributed by atoms with Gasteiger partial charge in [0.15, 0.2) is 6.04 Å². The zero-order valence-electron chi connectivity index (χ0n) is 13.1. The number of carbonyl (C=O) groups excluding carboxylic acids is 1. The topological polar surface area (TPSA) is 69.5 Å². The molecule has 0 aromatic heterocycles. The number of nitrogens with two attached hydrogens (primary N) is 1. The standard InChI is InChI=1S/C18H18ClN3O/c1-12(15-6-8-16(19)9-7-15)21-13(2)18(23)22-17-5-3-4-14(10-17)11-20/h3-10,12-13,21H,1-2H3,(H,22,23)/p+1/t12-,13+/m1/s1. The molecule has 0 aliphatic carbocycles. The van der Waals surface area contributed by atoms with Gasteiger partial charge >= 0.3 is 0 Å². The van der Waals surface area contributed by atoms with E-state index in [1.54, 1.807) is 24.3 Å². The molecule has 2 rings (SSSR count). The quantitative estimate of drug-likeness (QED) is 0.886. The van der Waals surface area contributed by atoms with E-state index in [0.717, 1.165) is 5.56 Å². The molecule has 0 heterocycles. The van der Waals surface area contributed by atoms with Crippen molar-refractivity contribution >= 4 is 23.2 Å². The van der Waals surface area contributed by atoms with E-state index in [4.69, 9.17) is 16.9 Å². The number of benzene rings is 2. The lowest BCUT2D eigenvalue weighted by Crippen LogP contribution is -2.91. The van der Waals surface area contributed by atoms with Crippen molar-refractivity contribution in [2.75, 3.05) is 5.32 Å². The van der Waals surface area contributed by atoms with Gasteiger partial charge in [-0.3, -0.25) is 4.79 Å². The number of amides is 1. The monoisotopic (exact) mass is 328 g/mol. The lowest BCUT2D eigenvalue weighted by atomic mass is 10.1. The van der Waals surface area contributed by atoms with Crippen LogP contribution in [-0.4, -0.2) is 11.9 Å². The average molecular weight is 329 g/mol. The number of nitrogens with one attached hydrogen (secondary N) is 1. The molecule has 0 aliphatic rings. The molecule has 0 aliphatic heterocycles. The molecule has 0 saturated carbocycles. The first-order valence-corrected chi connectivity index (χ1v) is 7.79. The first-order chi connectivity index (χ1) is 11.0. The lowest BCUT2D eigenvalue weighted by Gasteiger charge is -2.17. The van der Waals surface area contributed by atoms with Crippen LogP contribution in [0.15, 0.2) is 48.5 Å². The fourth-order valence-corrected chi connectivity index (χ4v) is 2.45. The molecule has 5 heteroatoms. The molecule has 0 spiro atoms. The number of hydrogen-bond donors (Lipinski definition) is 2. The van der Waals surface area contributed by atoms with Crippen LogP contribution in [0.5, 0.6) is 0 Å². The van der Waals surface area contributed by atoms with Gasteiger partial charge in [0.05, 0.1) is 11.6 Å². The molecule has 0 bridgehead atoms. The van der Waals surface area contributed by atoms with Crippen molar-refractivity contribution in [2.45, 2.75) is 25.9 Å². The molecule has 2 aromatic carbocycles. The molecule has 2 atom stereocenters. The lowest BCUT2D eigenvalue weighted by molar-refractivity contribution is -0.709. The van der Waals surface area contributed by atoms with Gasteiger partial charge < -0.3 is 10.6 Å². The maximum atomic E-state index is 12.3. The maximum absolute atomic E-state index is 12.3. The minimum absolute atomic E-state index is 0.0964. The Kier molecular flexibility index (Phi) is 5.75. The largest absolute Gasteiger partial charge is 0.330 e. The SMILES string of the molecule is C[C@H]([NH2+][C@H](C)c1ccc(Cl)cc1)C(=O)Nc1cccc(C#N)c1. The highest BCUT2D eigenvalue weighted by atomic mass is 35.5. The predicted molar refractivity (Wildman–Crippen MR) is 91.0 cm³/mol. The van der Waals surface area contributed by atoms with Gasteiger partial charge in [-0.05, 0) is 44.2 Å². The summed E-state index contributed by atoms with van der Waals surface area (Å²) in [4.78, 5) is 12.3. The first-order valence-electron chi connectivity index (χ1n) is 7.41. The summed E-state index contributed by atoms with van der Waals surface area (Å²) in [6.45, 7) is 3.90. The molecule has 1 amide bonds. The molecule has 2 aromatic rings. The summed E-state index contributed by atoms with van der Waals surface area (Å²) in [6, 6.07) is 16.4. The number of anilines is 1. The Morgan fingerprint density at radius 2 is 1.91 bits per heavy atom. The highest BCUT2D eigenvalue weighted by molar-refractivity contribution is 6.30. The normalized spacial score (nSPS) is 13.0. The molecule has 0 fully saturated rings. The fraction of sp³-hybridized carbons (Fsp3) is 0.222. The number of quaternary nitrogens is 1. The van der Waals surface area contributed by atoms with Crippen LogP contribution in [0.3, 0.4) is 0 Å². The van der Waals surface area contributed by atoms with Crippen LogP contribution in [0.25, 0.3) is 0 Å². The van der Waals surface area contributed by atoms with Crippen LogP contribution in [-0.2, 0) is 4.79 Å². The Morgan fingerprint density at radius 3 is 2.57 bits per heavy atom. The van der Waals surface area contributed by atoms with Crippen molar-refractivity contribution < 1.29 is 10.1 Å². The molecule has 3 N–H and O–H groups in total. The maximum Gasteiger partial charge on any atom is 0.282 e. The van der Waals surface area contributed by atoms with Crippen LogP contribution in [0, 0.1) is 11.3 Å². The summed E-state index contributed by atoms with van der Waals surface area (Å²) in [5, 5.41) is 14.4. The van der Waals surface area contributed by atoms with Gasteiger partial charge in [-0.2, -0.15) is 5.26 Å². The summed E-state index contributed by atoms with van der Waals surface area (Å²) in [7, 11) is 0. The predicted octanol–water partition coefficient (Wildman–Crippen LogP) is 2.86. The summed E-state index contributed by atoms with van der Waals surface area (Å²) in [5.41, 5.74) is 2.27. The van der Waals surface area contributed by atoms with Crippen molar-refractivity contribution in [3.63, 3.8) is 0 Å². The van der Waals surface area contributed by atoms with Crippen LogP contribution in [0.4, 0.5) is 5.69 Å². The summed E-state index contributed by atoms with van der Waals surface area (Å²) in [5.74, 6) is -0.0964. The molecular formula is C18H19ClN3O+. The van der Waals surface area contributed by atoms with Crippen LogP contribution < -0.4 is 10.6 Å². The Morgan fingerprint density at radius 1 is 1.22 bits per heavy atom. The zero-order valence-corrected chi connectivity index (χ0v) is 13.8. The summed E-state index contributed by atoms with van der Waals surface area (Å²) in [6.07, 6.45) is 0. The van der Waals surface area contributed by atoms with Crippen LogP contribution in [0.2, 0.25) is 5.02 Å². The molecule has 0 saturated heterocycles. The Labute approximate surface area is 141 Å². The molecule has 0 radical (unpaired) electrons. The summed E-state index contributed by atoms with van der Waals surface area (Å²) >= 11 is 5.89. The minimum Gasteiger partial charge on any atom is -0.330 e. The molecule has 118 valence electrons. The molecule has 4 nitrogen and oxygen atoms in total. The van der Waals surface area contributed by atoms with E-state index in [9.17, 15) is 4.79 Å². The van der Waals surface area contributed by atoms with Crippen LogP contribution in [0.1, 0.15) is 31.0 Å². The van der Waals surface area contributed by atoms with Crippen molar-refractivity contribution in [1.82, 2.24) is 0 Å². The highest BCUT2D eigenvalue weighted by Gasteiger charge is 2.20. The second-order valence-corrected chi connectivity index (χ2v) is 5.94. The molecular weight excluding hydrogens is 310 g/mol. The van der Waals surface area contributed by atoms with Gasteiger partial charge in [-0.1, -0.05) is 29.8 Å². The van der Waals surface area contributed by atoms with E-state index >= 15 is 0 Å². The van der Waals surface area contributed by atoms with Crippen molar-refractivity contribution in [3.8, 4) is 6.07 Å². The van der Waals surface area contributed by atoms with Crippen molar-refractivity contribution in [2.24, 2.45) is 0 Å². The van der Waals surface area contributed by atoms with Gasteiger partial charge in [-0.25, -0.2) is 0 Å². The second kappa shape index (κ2) is 7.77. The third-order valence-corrected chi connectivity index (χ3v) is 3.90. The van der Waals surface area contributed by atoms with Crippen LogP contribution >= 0.6 is 11.6 Å². The Balaban J connectivity index is 1.96. The van der Waals surface area contributed by atoms with E-state index in [1.165, 1.54) is 0 Å². The highest BCUT2D eigenvalue weighted by Crippen LogP contribution is 2.14. The van der Waals surface area contributed by atoms with Crippen molar-refractivity contribution in [1.29, 1.82) is 5.26 Å². The number of halogens is 1. The second-order valence-electron chi connectivity index (χ2n) is 5.50. The van der Waals surface area contributed by atoms with E-state index in [2.05, 4.69) is 11.4 Å².